The first-order chi connectivity index (χ1) is 18.7. The van der Waals surface area contributed by atoms with Crippen LogP contribution in [0.3, 0.4) is 0 Å². The first-order valence-electron chi connectivity index (χ1n) is 12.6. The van der Waals surface area contributed by atoms with Gasteiger partial charge in [0.1, 0.15) is 10.8 Å². The van der Waals surface area contributed by atoms with Gasteiger partial charge < -0.3 is 20.3 Å². The van der Waals surface area contributed by atoms with Crippen molar-refractivity contribution in [3.05, 3.63) is 51.7 Å². The lowest BCUT2D eigenvalue weighted by Gasteiger charge is -2.13. The Morgan fingerprint density at radius 3 is 2.64 bits per heavy atom. The number of nitrogens with zero attached hydrogens (tertiary/aromatic N) is 6. The summed E-state index contributed by atoms with van der Waals surface area (Å²) in [6, 6.07) is 5.37. The number of carbonyl (C=O) groups excluding carboxylic acids is 2. The minimum absolute atomic E-state index is 0.00105. The van der Waals surface area contributed by atoms with Crippen molar-refractivity contribution in [2.45, 2.75) is 51.6 Å². The summed E-state index contributed by atoms with van der Waals surface area (Å²) in [7, 11) is 0. The Labute approximate surface area is 226 Å². The van der Waals surface area contributed by atoms with Crippen LogP contribution in [0.2, 0.25) is 0 Å². The molecule has 3 heterocycles. The molecule has 2 aromatic heterocycles. The zero-order valence-corrected chi connectivity index (χ0v) is 21.9. The Hall–Kier alpha value is -3.59. The molecule has 0 atom stereocenters. The van der Waals surface area contributed by atoms with Crippen LogP contribution in [0, 0.1) is 0 Å². The van der Waals surface area contributed by atoms with Gasteiger partial charge in [0.15, 0.2) is 5.69 Å². The summed E-state index contributed by atoms with van der Waals surface area (Å²) in [5.41, 5.74) is 0.541. The first-order valence-corrected chi connectivity index (χ1v) is 13.4. The normalized spacial score (nSPS) is 13.9. The molecule has 1 aromatic carbocycles. The van der Waals surface area contributed by atoms with E-state index < -0.39 is 12.3 Å². The molecule has 0 aliphatic carbocycles. The number of aryl methyl sites for hydroxylation is 2. The van der Waals surface area contributed by atoms with E-state index in [2.05, 4.69) is 40.8 Å². The van der Waals surface area contributed by atoms with Crippen LogP contribution in [0.4, 0.5) is 13.2 Å². The number of aromatic nitrogens is 5. The van der Waals surface area contributed by atoms with Gasteiger partial charge in [0, 0.05) is 32.6 Å². The molecule has 4 rings (SSSR count). The Morgan fingerprint density at radius 1 is 1.03 bits per heavy atom. The van der Waals surface area contributed by atoms with E-state index in [9.17, 15) is 22.8 Å². The third-order valence-electron chi connectivity index (χ3n) is 5.96. The molecule has 3 aromatic rings. The molecule has 0 radical (unpaired) electrons. The molecule has 1 saturated heterocycles. The SMILES string of the molecule is O=C(NCc1cccc(OC(F)(F)F)c1)c1cn(CCCCc2nnc(C(=O)NCCN3CCCC3)s2)nn1. The molecule has 1 fully saturated rings. The van der Waals surface area contributed by atoms with Gasteiger partial charge in [-0.3, -0.25) is 14.3 Å². The minimum Gasteiger partial charge on any atom is -0.406 e. The topological polar surface area (TPSA) is 127 Å². The fourth-order valence-electron chi connectivity index (χ4n) is 4.04. The fraction of sp³-hybridized carbons (Fsp3) is 0.500. The number of likely N-dealkylation sites (tertiary alicyclic amines) is 1. The van der Waals surface area contributed by atoms with Crippen molar-refractivity contribution >= 4 is 23.2 Å². The maximum absolute atomic E-state index is 12.4. The molecule has 1 aliphatic heterocycles. The highest BCUT2D eigenvalue weighted by Crippen LogP contribution is 2.23. The number of benzene rings is 1. The number of unbranched alkanes of at least 4 members (excludes halogenated alkanes) is 1. The molecule has 0 spiro atoms. The molecular formula is C24H29F3N8O3S. The number of alkyl halides is 3. The molecular weight excluding hydrogens is 537 g/mol. The molecule has 2 N–H and O–H groups in total. The summed E-state index contributed by atoms with van der Waals surface area (Å²) in [6.07, 6.45) is 1.34. The quantitative estimate of drug-likeness (QED) is 0.303. The van der Waals surface area contributed by atoms with Crippen molar-refractivity contribution in [2.24, 2.45) is 0 Å². The Morgan fingerprint density at radius 2 is 1.85 bits per heavy atom. The van der Waals surface area contributed by atoms with E-state index in [-0.39, 0.29) is 23.9 Å². The highest BCUT2D eigenvalue weighted by molar-refractivity contribution is 7.13. The van der Waals surface area contributed by atoms with Gasteiger partial charge in [0.2, 0.25) is 5.01 Å². The average molecular weight is 567 g/mol. The first kappa shape index (κ1) is 28.4. The molecule has 0 unspecified atom stereocenters. The molecule has 2 amide bonds. The summed E-state index contributed by atoms with van der Waals surface area (Å²) in [6.45, 7) is 4.14. The van der Waals surface area contributed by atoms with Crippen molar-refractivity contribution in [3.8, 4) is 5.75 Å². The monoisotopic (exact) mass is 566 g/mol. The highest BCUT2D eigenvalue weighted by atomic mass is 32.1. The molecule has 39 heavy (non-hydrogen) atoms. The second-order valence-corrected chi connectivity index (χ2v) is 10.1. The van der Waals surface area contributed by atoms with Gasteiger partial charge in [0.25, 0.3) is 11.8 Å². The van der Waals surface area contributed by atoms with E-state index >= 15 is 0 Å². The number of ether oxygens (including phenoxy) is 1. The molecule has 0 bridgehead atoms. The third-order valence-corrected chi connectivity index (χ3v) is 6.94. The van der Waals surface area contributed by atoms with Crippen LogP contribution in [0.1, 0.15) is 56.5 Å². The number of hydrogen-bond donors (Lipinski definition) is 2. The van der Waals surface area contributed by atoms with E-state index in [0.29, 0.717) is 30.1 Å². The second kappa shape index (κ2) is 13.5. The van der Waals surface area contributed by atoms with E-state index in [1.165, 1.54) is 48.6 Å². The van der Waals surface area contributed by atoms with E-state index in [1.807, 2.05) is 0 Å². The maximum Gasteiger partial charge on any atom is 0.573 e. The lowest BCUT2D eigenvalue weighted by Crippen LogP contribution is -2.33. The Bertz CT molecular complexity index is 1240. The summed E-state index contributed by atoms with van der Waals surface area (Å²) in [4.78, 5) is 27.0. The van der Waals surface area contributed by atoms with Gasteiger partial charge in [-0.25, -0.2) is 0 Å². The zero-order chi connectivity index (χ0) is 27.7. The number of carbonyl (C=O) groups is 2. The molecule has 11 nitrogen and oxygen atoms in total. The minimum atomic E-state index is -4.79. The summed E-state index contributed by atoms with van der Waals surface area (Å²) >= 11 is 1.29. The Kier molecular flexibility index (Phi) is 9.81. The lowest BCUT2D eigenvalue weighted by atomic mass is 10.2. The van der Waals surface area contributed by atoms with Gasteiger partial charge in [-0.2, -0.15) is 0 Å². The summed E-state index contributed by atoms with van der Waals surface area (Å²) in [5.74, 6) is -1.06. The van der Waals surface area contributed by atoms with Crippen molar-refractivity contribution < 1.29 is 27.5 Å². The van der Waals surface area contributed by atoms with Crippen molar-refractivity contribution in [1.29, 1.82) is 0 Å². The number of hydrogen-bond acceptors (Lipinski definition) is 9. The molecule has 1 aliphatic rings. The maximum atomic E-state index is 12.4. The molecule has 210 valence electrons. The standard InChI is InChI=1S/C24H29F3N8O3S/c25-24(26,27)38-18-7-5-6-17(14-18)15-29-21(36)19-16-35(33-30-19)12-2-1-8-20-31-32-23(39-20)22(37)28-9-13-34-10-3-4-11-34/h5-7,14,16H,1-4,8-13,15H2,(H,28,37)(H,29,36). The number of rotatable bonds is 13. The predicted octanol–water partition coefficient (Wildman–Crippen LogP) is 2.81. The van der Waals surface area contributed by atoms with Gasteiger partial charge in [0.05, 0.1) is 6.20 Å². The second-order valence-electron chi connectivity index (χ2n) is 9.01. The van der Waals surface area contributed by atoms with Crippen molar-refractivity contribution in [2.75, 3.05) is 26.2 Å². The summed E-state index contributed by atoms with van der Waals surface area (Å²) in [5, 5.41) is 22.6. The number of amides is 2. The van der Waals surface area contributed by atoms with Gasteiger partial charge in [-0.1, -0.05) is 28.7 Å². The van der Waals surface area contributed by atoms with Crippen molar-refractivity contribution in [3.63, 3.8) is 0 Å². The molecule has 0 saturated carbocycles. The van der Waals surface area contributed by atoms with E-state index in [0.717, 1.165) is 37.5 Å². The summed E-state index contributed by atoms with van der Waals surface area (Å²) < 4.78 is 42.6. The van der Waals surface area contributed by atoms with Crippen LogP contribution in [-0.4, -0.2) is 74.4 Å². The predicted molar refractivity (Wildman–Crippen MR) is 135 cm³/mol. The van der Waals surface area contributed by atoms with Gasteiger partial charge in [-0.15, -0.1) is 28.5 Å². The Balaban J connectivity index is 1.14. The fourth-order valence-corrected chi connectivity index (χ4v) is 4.84. The smallest absolute Gasteiger partial charge is 0.406 e. The number of halogens is 3. The van der Waals surface area contributed by atoms with Crippen LogP contribution in [0.5, 0.6) is 5.75 Å². The van der Waals surface area contributed by atoms with Crippen LogP contribution in [-0.2, 0) is 19.5 Å². The third kappa shape index (κ3) is 9.28. The zero-order valence-electron chi connectivity index (χ0n) is 21.1. The van der Waals surface area contributed by atoms with Crippen LogP contribution >= 0.6 is 11.3 Å². The van der Waals surface area contributed by atoms with Crippen LogP contribution < -0.4 is 15.4 Å². The lowest BCUT2D eigenvalue weighted by molar-refractivity contribution is -0.274. The van der Waals surface area contributed by atoms with Crippen LogP contribution in [0.15, 0.2) is 30.5 Å². The van der Waals surface area contributed by atoms with Gasteiger partial charge in [-0.05, 0) is 56.5 Å². The van der Waals surface area contributed by atoms with E-state index in [4.69, 9.17) is 0 Å². The van der Waals surface area contributed by atoms with Crippen LogP contribution in [0.25, 0.3) is 0 Å². The highest BCUT2D eigenvalue weighted by Gasteiger charge is 2.31. The van der Waals surface area contributed by atoms with Crippen molar-refractivity contribution in [1.82, 2.24) is 40.7 Å². The average Bonchev–Trinajstić information content (AvgIpc) is 3.67. The van der Waals surface area contributed by atoms with Gasteiger partial charge >= 0.3 is 6.36 Å². The van der Waals surface area contributed by atoms with E-state index in [1.54, 1.807) is 10.7 Å². The number of nitrogens with one attached hydrogen (secondary N) is 2. The largest absolute Gasteiger partial charge is 0.573 e. The molecule has 15 heteroatoms.